The molecule has 0 spiro atoms. The van der Waals surface area contributed by atoms with E-state index in [1.807, 2.05) is 0 Å². The normalized spacial score (nSPS) is 25.1. The molecule has 0 bridgehead atoms. The van der Waals surface area contributed by atoms with Crippen molar-refractivity contribution < 1.29 is 0 Å². The maximum Gasteiger partial charge on any atom is 0.0252 e. The van der Waals surface area contributed by atoms with E-state index in [0.29, 0.717) is 5.41 Å². The second kappa shape index (κ2) is 5.05. The summed E-state index contributed by atoms with van der Waals surface area (Å²) >= 11 is 0. The standard InChI is InChI=1S/C14H30N2/c1-12(13(2,3)4)10-16-9-7-8-15-14(5,6)11-16/h12,15H,7-11H2,1-6H3. The molecular weight excluding hydrogens is 196 g/mol. The summed E-state index contributed by atoms with van der Waals surface area (Å²) in [6.45, 7) is 18.9. The summed E-state index contributed by atoms with van der Waals surface area (Å²) in [5, 5.41) is 3.62. The van der Waals surface area contributed by atoms with Crippen LogP contribution < -0.4 is 5.32 Å². The van der Waals surface area contributed by atoms with Crippen molar-refractivity contribution in [3.05, 3.63) is 0 Å². The van der Waals surface area contributed by atoms with Gasteiger partial charge in [-0.05, 0) is 44.7 Å². The molecule has 0 aromatic rings. The molecule has 0 saturated carbocycles. The lowest BCUT2D eigenvalue weighted by Crippen LogP contribution is -2.47. The molecule has 1 aliphatic rings. The smallest absolute Gasteiger partial charge is 0.0252 e. The minimum Gasteiger partial charge on any atom is -0.310 e. The van der Waals surface area contributed by atoms with Crippen LogP contribution >= 0.6 is 0 Å². The van der Waals surface area contributed by atoms with E-state index in [-0.39, 0.29) is 5.54 Å². The van der Waals surface area contributed by atoms with Crippen LogP contribution in [0.1, 0.15) is 48.0 Å². The van der Waals surface area contributed by atoms with Gasteiger partial charge in [-0.2, -0.15) is 0 Å². The van der Waals surface area contributed by atoms with Crippen LogP contribution in [0.25, 0.3) is 0 Å². The Morgan fingerprint density at radius 3 is 2.50 bits per heavy atom. The Hall–Kier alpha value is -0.0800. The molecule has 96 valence electrons. The summed E-state index contributed by atoms with van der Waals surface area (Å²) < 4.78 is 0. The minimum atomic E-state index is 0.272. The summed E-state index contributed by atoms with van der Waals surface area (Å²) in [7, 11) is 0. The van der Waals surface area contributed by atoms with Crippen LogP contribution in [0, 0.1) is 11.3 Å². The van der Waals surface area contributed by atoms with Gasteiger partial charge in [-0.3, -0.25) is 0 Å². The number of nitrogens with one attached hydrogen (secondary N) is 1. The molecular formula is C14H30N2. The van der Waals surface area contributed by atoms with E-state index >= 15 is 0 Å². The van der Waals surface area contributed by atoms with E-state index in [1.165, 1.54) is 26.1 Å². The molecule has 0 aromatic heterocycles. The van der Waals surface area contributed by atoms with Gasteiger partial charge in [-0.25, -0.2) is 0 Å². The fourth-order valence-electron chi connectivity index (χ4n) is 2.24. The first-order valence-electron chi connectivity index (χ1n) is 6.68. The average molecular weight is 226 g/mol. The number of hydrogen-bond acceptors (Lipinski definition) is 2. The molecule has 1 unspecified atom stereocenters. The monoisotopic (exact) mass is 226 g/mol. The fourth-order valence-corrected chi connectivity index (χ4v) is 2.24. The van der Waals surface area contributed by atoms with Crippen molar-refractivity contribution in [2.24, 2.45) is 11.3 Å². The van der Waals surface area contributed by atoms with Crippen LogP contribution in [-0.4, -0.2) is 36.6 Å². The predicted octanol–water partition coefficient (Wildman–Crippen LogP) is 2.74. The van der Waals surface area contributed by atoms with Crippen molar-refractivity contribution in [3.63, 3.8) is 0 Å². The molecule has 0 amide bonds. The third-order valence-corrected chi connectivity index (χ3v) is 3.88. The van der Waals surface area contributed by atoms with Gasteiger partial charge in [0.2, 0.25) is 0 Å². The lowest BCUT2D eigenvalue weighted by molar-refractivity contribution is 0.147. The van der Waals surface area contributed by atoms with Crippen LogP contribution in [0.3, 0.4) is 0 Å². The Labute approximate surface area is 102 Å². The zero-order valence-corrected chi connectivity index (χ0v) is 12.1. The highest BCUT2D eigenvalue weighted by Gasteiger charge is 2.27. The third kappa shape index (κ3) is 4.42. The van der Waals surface area contributed by atoms with E-state index in [0.717, 1.165) is 12.5 Å². The van der Waals surface area contributed by atoms with E-state index in [1.54, 1.807) is 0 Å². The molecule has 1 atom stereocenters. The molecule has 0 radical (unpaired) electrons. The highest BCUT2D eigenvalue weighted by atomic mass is 15.2. The van der Waals surface area contributed by atoms with Gasteiger partial charge in [0, 0.05) is 18.6 Å². The van der Waals surface area contributed by atoms with E-state index in [4.69, 9.17) is 0 Å². The minimum absolute atomic E-state index is 0.272. The maximum absolute atomic E-state index is 3.62. The van der Waals surface area contributed by atoms with Gasteiger partial charge in [0.05, 0.1) is 0 Å². The summed E-state index contributed by atoms with van der Waals surface area (Å²) in [6, 6.07) is 0. The first-order valence-corrected chi connectivity index (χ1v) is 6.68. The molecule has 1 rings (SSSR count). The molecule has 1 aliphatic heterocycles. The van der Waals surface area contributed by atoms with Gasteiger partial charge in [-0.1, -0.05) is 27.7 Å². The highest BCUT2D eigenvalue weighted by Crippen LogP contribution is 2.26. The van der Waals surface area contributed by atoms with Crippen LogP contribution in [-0.2, 0) is 0 Å². The Morgan fingerprint density at radius 2 is 1.94 bits per heavy atom. The Balaban J connectivity index is 2.53. The highest BCUT2D eigenvalue weighted by molar-refractivity contribution is 4.86. The maximum atomic E-state index is 3.62. The molecule has 1 fully saturated rings. The quantitative estimate of drug-likeness (QED) is 0.779. The van der Waals surface area contributed by atoms with Crippen LogP contribution in [0.2, 0.25) is 0 Å². The largest absolute Gasteiger partial charge is 0.310 e. The molecule has 0 aromatic carbocycles. The molecule has 1 saturated heterocycles. The van der Waals surface area contributed by atoms with E-state index < -0.39 is 0 Å². The van der Waals surface area contributed by atoms with Crippen molar-refractivity contribution in [2.75, 3.05) is 26.2 Å². The molecule has 2 nitrogen and oxygen atoms in total. The summed E-state index contributed by atoms with van der Waals surface area (Å²) in [5.41, 5.74) is 0.692. The number of hydrogen-bond donors (Lipinski definition) is 1. The first kappa shape index (κ1) is 14.0. The number of rotatable bonds is 2. The lowest BCUT2D eigenvalue weighted by atomic mass is 9.81. The van der Waals surface area contributed by atoms with Crippen molar-refractivity contribution in [2.45, 2.75) is 53.5 Å². The van der Waals surface area contributed by atoms with Gasteiger partial charge < -0.3 is 10.2 Å². The Bertz CT molecular complexity index is 215. The average Bonchev–Trinajstić information content (AvgIpc) is 2.24. The Morgan fingerprint density at radius 1 is 1.31 bits per heavy atom. The van der Waals surface area contributed by atoms with Gasteiger partial charge in [0.25, 0.3) is 0 Å². The number of nitrogens with zero attached hydrogens (tertiary/aromatic N) is 1. The third-order valence-electron chi connectivity index (χ3n) is 3.88. The summed E-state index contributed by atoms with van der Waals surface area (Å²) in [4.78, 5) is 2.63. The van der Waals surface area contributed by atoms with Crippen molar-refractivity contribution >= 4 is 0 Å². The van der Waals surface area contributed by atoms with E-state index in [9.17, 15) is 0 Å². The van der Waals surface area contributed by atoms with Crippen LogP contribution in [0.4, 0.5) is 0 Å². The zero-order valence-electron chi connectivity index (χ0n) is 12.1. The zero-order chi connectivity index (χ0) is 12.4. The van der Waals surface area contributed by atoms with Crippen LogP contribution in [0.5, 0.6) is 0 Å². The van der Waals surface area contributed by atoms with Crippen LogP contribution in [0.15, 0.2) is 0 Å². The summed E-state index contributed by atoms with van der Waals surface area (Å²) in [5.74, 6) is 0.751. The first-order chi connectivity index (χ1) is 7.21. The van der Waals surface area contributed by atoms with Crippen molar-refractivity contribution in [3.8, 4) is 0 Å². The molecule has 1 N–H and O–H groups in total. The second-order valence-electron chi connectivity index (χ2n) is 7.17. The summed E-state index contributed by atoms with van der Waals surface area (Å²) in [6.07, 6.45) is 1.28. The second-order valence-corrected chi connectivity index (χ2v) is 7.17. The SMILES string of the molecule is CC(CN1CCCNC(C)(C)C1)C(C)(C)C. The van der Waals surface area contributed by atoms with E-state index in [2.05, 4.69) is 51.8 Å². The van der Waals surface area contributed by atoms with Crippen molar-refractivity contribution in [1.29, 1.82) is 0 Å². The van der Waals surface area contributed by atoms with Gasteiger partial charge in [-0.15, -0.1) is 0 Å². The topological polar surface area (TPSA) is 15.3 Å². The Kier molecular flexibility index (Phi) is 4.42. The fraction of sp³-hybridized carbons (Fsp3) is 1.00. The van der Waals surface area contributed by atoms with Gasteiger partial charge in [0.1, 0.15) is 0 Å². The lowest BCUT2D eigenvalue weighted by Gasteiger charge is -2.35. The van der Waals surface area contributed by atoms with Gasteiger partial charge in [0.15, 0.2) is 0 Å². The molecule has 1 heterocycles. The van der Waals surface area contributed by atoms with Crippen molar-refractivity contribution in [1.82, 2.24) is 10.2 Å². The van der Waals surface area contributed by atoms with Gasteiger partial charge >= 0.3 is 0 Å². The molecule has 2 heteroatoms. The molecule has 0 aliphatic carbocycles. The molecule has 16 heavy (non-hydrogen) atoms. The predicted molar refractivity (Wildman–Crippen MR) is 71.8 cm³/mol.